The summed E-state index contributed by atoms with van der Waals surface area (Å²) >= 11 is 0. The second-order valence-electron chi connectivity index (χ2n) is 11.2. The zero-order chi connectivity index (χ0) is 33.2. The van der Waals surface area contributed by atoms with Crippen LogP contribution in [-0.2, 0) is 17.5 Å². The van der Waals surface area contributed by atoms with Crippen LogP contribution in [0, 0.1) is 25.2 Å². The highest BCUT2D eigenvalue weighted by atomic mass is 19.4. The lowest BCUT2D eigenvalue weighted by Crippen LogP contribution is -2.29. The standard InChI is InChI=1S/C35H31F3N4O4/c1-21-5-6-24(22(2)15-21)20-42-32(18-29(35(36,37)38)28(19-39)33(42)43)23-7-9-26(10-8-23)46-27-11-12-30-25(16-27)17-31(40-30)34(44)45-14-13-41(3)4/h5-12,15-18,40H,13-14,20H2,1-4H3. The lowest BCUT2D eigenvalue weighted by molar-refractivity contribution is -0.137. The van der Waals surface area contributed by atoms with Crippen LogP contribution in [0.5, 0.6) is 11.5 Å². The molecule has 5 aromatic rings. The van der Waals surface area contributed by atoms with E-state index in [1.165, 1.54) is 10.6 Å². The fourth-order valence-corrected chi connectivity index (χ4v) is 5.08. The number of aromatic amines is 1. The Bertz CT molecular complexity index is 2020. The number of fused-ring (bicyclic) bond motifs is 1. The van der Waals surface area contributed by atoms with Crippen LogP contribution < -0.4 is 10.3 Å². The van der Waals surface area contributed by atoms with E-state index in [4.69, 9.17) is 9.47 Å². The first-order valence-corrected chi connectivity index (χ1v) is 14.4. The minimum Gasteiger partial charge on any atom is -0.460 e. The monoisotopic (exact) mass is 628 g/mol. The van der Waals surface area contributed by atoms with Crippen LogP contribution in [0.25, 0.3) is 22.2 Å². The maximum absolute atomic E-state index is 14.0. The fraction of sp³-hybridized carbons (Fsp3) is 0.229. The van der Waals surface area contributed by atoms with Crippen molar-refractivity contribution in [2.45, 2.75) is 26.6 Å². The van der Waals surface area contributed by atoms with Crippen molar-refractivity contribution in [2.24, 2.45) is 0 Å². The normalized spacial score (nSPS) is 11.5. The summed E-state index contributed by atoms with van der Waals surface area (Å²) in [5.41, 5.74) is 0.726. The average molecular weight is 629 g/mol. The predicted octanol–water partition coefficient (Wildman–Crippen LogP) is 7.06. The summed E-state index contributed by atoms with van der Waals surface area (Å²) in [4.78, 5) is 30.7. The molecule has 8 nitrogen and oxygen atoms in total. The van der Waals surface area contributed by atoms with Crippen molar-refractivity contribution in [1.82, 2.24) is 14.5 Å². The van der Waals surface area contributed by atoms with Gasteiger partial charge in [-0.25, -0.2) is 4.79 Å². The summed E-state index contributed by atoms with van der Waals surface area (Å²) in [6, 6.07) is 21.1. The molecule has 236 valence electrons. The smallest absolute Gasteiger partial charge is 0.417 e. The number of halogens is 3. The van der Waals surface area contributed by atoms with Crippen LogP contribution in [0.15, 0.2) is 77.6 Å². The van der Waals surface area contributed by atoms with Gasteiger partial charge in [0.25, 0.3) is 5.56 Å². The third-order valence-electron chi connectivity index (χ3n) is 7.51. The highest BCUT2D eigenvalue weighted by molar-refractivity contribution is 5.95. The number of hydrogen-bond acceptors (Lipinski definition) is 6. The zero-order valence-electron chi connectivity index (χ0n) is 25.7. The van der Waals surface area contributed by atoms with Crippen molar-refractivity contribution in [3.63, 3.8) is 0 Å². The maximum atomic E-state index is 14.0. The summed E-state index contributed by atoms with van der Waals surface area (Å²) in [6.07, 6.45) is -4.90. The Kier molecular flexibility index (Phi) is 9.03. The number of ether oxygens (including phenoxy) is 2. The molecule has 3 aromatic carbocycles. The number of nitriles is 1. The Morgan fingerprint density at radius 2 is 1.70 bits per heavy atom. The molecule has 46 heavy (non-hydrogen) atoms. The van der Waals surface area contributed by atoms with Crippen LogP contribution in [0.3, 0.4) is 0 Å². The number of aryl methyl sites for hydroxylation is 2. The number of benzene rings is 3. The van der Waals surface area contributed by atoms with Gasteiger partial charge in [-0.05, 0) is 99.2 Å². The number of hydrogen-bond donors (Lipinski definition) is 1. The van der Waals surface area contributed by atoms with Crippen LogP contribution in [0.1, 0.15) is 38.3 Å². The van der Waals surface area contributed by atoms with Crippen LogP contribution in [0.4, 0.5) is 13.2 Å². The minimum absolute atomic E-state index is 0.0154. The maximum Gasteiger partial charge on any atom is 0.417 e. The SMILES string of the molecule is Cc1ccc(Cn2c(-c3ccc(Oc4ccc5[nH]c(C(=O)OCCN(C)C)cc5c4)cc3)cc(C(F)(F)F)c(C#N)c2=O)c(C)c1. The number of nitrogens with one attached hydrogen (secondary N) is 1. The van der Waals surface area contributed by atoms with Gasteiger partial charge in [-0.1, -0.05) is 23.8 Å². The number of rotatable bonds is 9. The third kappa shape index (κ3) is 6.98. The number of likely N-dealkylation sites (N-methyl/N-ethyl adjacent to an activating group) is 1. The quantitative estimate of drug-likeness (QED) is 0.176. The molecule has 0 atom stereocenters. The average Bonchev–Trinajstić information content (AvgIpc) is 3.42. The Labute approximate surface area is 263 Å². The number of carbonyl (C=O) groups is 1. The second-order valence-corrected chi connectivity index (χ2v) is 11.2. The molecule has 5 rings (SSSR count). The van der Waals surface area contributed by atoms with Crippen molar-refractivity contribution >= 4 is 16.9 Å². The molecule has 0 aliphatic carbocycles. The van der Waals surface area contributed by atoms with E-state index >= 15 is 0 Å². The van der Waals surface area contributed by atoms with Gasteiger partial charge < -0.3 is 23.9 Å². The van der Waals surface area contributed by atoms with E-state index in [-0.39, 0.29) is 18.8 Å². The van der Waals surface area contributed by atoms with Gasteiger partial charge >= 0.3 is 12.1 Å². The van der Waals surface area contributed by atoms with E-state index in [1.54, 1.807) is 48.5 Å². The van der Waals surface area contributed by atoms with E-state index in [1.807, 2.05) is 51.0 Å². The molecule has 0 unspecified atom stereocenters. The molecule has 0 saturated heterocycles. The number of nitrogens with zero attached hydrogens (tertiary/aromatic N) is 3. The predicted molar refractivity (Wildman–Crippen MR) is 168 cm³/mol. The molecule has 11 heteroatoms. The fourth-order valence-electron chi connectivity index (χ4n) is 5.08. The van der Waals surface area contributed by atoms with Gasteiger partial charge in [0, 0.05) is 17.4 Å². The molecular formula is C35H31F3N4O4. The lowest BCUT2D eigenvalue weighted by Gasteiger charge is -2.19. The highest BCUT2D eigenvalue weighted by Gasteiger charge is 2.36. The molecule has 0 amide bonds. The van der Waals surface area contributed by atoms with E-state index in [0.717, 1.165) is 28.1 Å². The molecular weight excluding hydrogens is 597 g/mol. The van der Waals surface area contributed by atoms with Crippen LogP contribution in [-0.4, -0.2) is 47.7 Å². The first-order chi connectivity index (χ1) is 21.8. The van der Waals surface area contributed by atoms with Gasteiger partial charge in [-0.2, -0.15) is 18.4 Å². The molecule has 0 aliphatic heterocycles. The van der Waals surface area contributed by atoms with Crippen LogP contribution >= 0.6 is 0 Å². The van der Waals surface area contributed by atoms with Crippen molar-refractivity contribution < 1.29 is 27.4 Å². The number of alkyl halides is 3. The van der Waals surface area contributed by atoms with Gasteiger partial charge in [0.05, 0.1) is 17.8 Å². The molecule has 0 bridgehead atoms. The van der Waals surface area contributed by atoms with Gasteiger partial charge in [-0.3, -0.25) is 4.79 Å². The topological polar surface area (TPSA) is 100 Å². The van der Waals surface area contributed by atoms with E-state index in [9.17, 15) is 28.0 Å². The van der Waals surface area contributed by atoms with E-state index in [0.29, 0.717) is 34.8 Å². The molecule has 0 fully saturated rings. The van der Waals surface area contributed by atoms with Gasteiger partial charge in [0.2, 0.25) is 0 Å². The first kappa shape index (κ1) is 32.1. The number of esters is 1. The molecule has 1 N–H and O–H groups in total. The van der Waals surface area contributed by atoms with Crippen molar-refractivity contribution in [3.8, 4) is 28.8 Å². The largest absolute Gasteiger partial charge is 0.460 e. The number of pyridine rings is 1. The second kappa shape index (κ2) is 12.9. The molecule has 0 aliphatic rings. The number of H-pyrrole nitrogens is 1. The van der Waals surface area contributed by atoms with Gasteiger partial charge in [0.1, 0.15) is 35.4 Å². The van der Waals surface area contributed by atoms with Gasteiger partial charge in [-0.15, -0.1) is 0 Å². The first-order valence-electron chi connectivity index (χ1n) is 14.4. The van der Waals surface area contributed by atoms with E-state index in [2.05, 4.69) is 4.98 Å². The molecule has 2 heterocycles. The molecule has 0 radical (unpaired) electrons. The minimum atomic E-state index is -4.90. The lowest BCUT2D eigenvalue weighted by atomic mass is 10.0. The molecule has 2 aromatic heterocycles. The molecule has 0 saturated carbocycles. The third-order valence-corrected chi connectivity index (χ3v) is 7.51. The summed E-state index contributed by atoms with van der Waals surface area (Å²) in [6.45, 7) is 4.61. The van der Waals surface area contributed by atoms with Crippen LogP contribution in [0.2, 0.25) is 0 Å². The van der Waals surface area contributed by atoms with Crippen molar-refractivity contribution in [2.75, 3.05) is 27.2 Å². The summed E-state index contributed by atoms with van der Waals surface area (Å²) in [5.74, 6) is 0.398. The van der Waals surface area contributed by atoms with Gasteiger partial charge in [0.15, 0.2) is 0 Å². The Balaban J connectivity index is 1.45. The number of aromatic nitrogens is 2. The summed E-state index contributed by atoms with van der Waals surface area (Å²) < 4.78 is 54.4. The zero-order valence-corrected chi connectivity index (χ0v) is 25.7. The molecule has 0 spiro atoms. The number of carbonyl (C=O) groups excluding carboxylic acids is 1. The van der Waals surface area contributed by atoms with Crippen molar-refractivity contribution in [3.05, 3.63) is 117 Å². The Hall–Kier alpha value is -5.34. The van der Waals surface area contributed by atoms with Crippen molar-refractivity contribution in [1.29, 1.82) is 5.26 Å². The Morgan fingerprint density at radius 3 is 2.35 bits per heavy atom. The Morgan fingerprint density at radius 1 is 0.978 bits per heavy atom. The highest BCUT2D eigenvalue weighted by Crippen LogP contribution is 2.35. The summed E-state index contributed by atoms with van der Waals surface area (Å²) in [7, 11) is 3.77. The summed E-state index contributed by atoms with van der Waals surface area (Å²) in [5, 5.41) is 10.2. The van der Waals surface area contributed by atoms with E-state index < -0.39 is 28.8 Å².